The van der Waals surface area contributed by atoms with Gasteiger partial charge in [0.15, 0.2) is 0 Å². The highest BCUT2D eigenvalue weighted by Gasteiger charge is 2.11. The monoisotopic (exact) mass is 229 g/mol. The van der Waals surface area contributed by atoms with Gasteiger partial charge in [-0.25, -0.2) is 0 Å². The van der Waals surface area contributed by atoms with Gasteiger partial charge in [-0.3, -0.25) is 0 Å². The number of hydrogen-bond acceptors (Lipinski definition) is 3. The zero-order valence-corrected chi connectivity index (χ0v) is 9.41. The van der Waals surface area contributed by atoms with Gasteiger partial charge in [-0.15, -0.1) is 0 Å². The molecule has 1 atom stereocenters. The number of rotatable bonds is 5. The number of benzene rings is 1. The standard InChI is InChI=1S/C11H16ClNO2/c1-8(13-11(6-14)7-15)9-3-2-4-10(12)5-9/h2-5,8,11,13-15H,6-7H2,1H3/t8-/m0/s1. The molecule has 0 saturated heterocycles. The van der Waals surface area contributed by atoms with Crippen molar-refractivity contribution in [2.45, 2.75) is 19.0 Å². The van der Waals surface area contributed by atoms with E-state index in [2.05, 4.69) is 5.32 Å². The van der Waals surface area contributed by atoms with E-state index in [0.29, 0.717) is 5.02 Å². The van der Waals surface area contributed by atoms with Gasteiger partial charge in [-0.2, -0.15) is 0 Å². The van der Waals surface area contributed by atoms with E-state index in [-0.39, 0.29) is 25.3 Å². The summed E-state index contributed by atoms with van der Waals surface area (Å²) < 4.78 is 0. The molecule has 0 unspecified atom stereocenters. The SMILES string of the molecule is C[C@H](NC(CO)CO)c1cccc(Cl)c1. The second-order valence-electron chi connectivity index (χ2n) is 3.51. The quantitative estimate of drug-likeness (QED) is 0.715. The van der Waals surface area contributed by atoms with E-state index in [1.54, 1.807) is 0 Å². The lowest BCUT2D eigenvalue weighted by Crippen LogP contribution is -2.37. The average molecular weight is 230 g/mol. The van der Waals surface area contributed by atoms with Crippen LogP contribution < -0.4 is 5.32 Å². The molecule has 0 fully saturated rings. The molecule has 4 heteroatoms. The van der Waals surface area contributed by atoms with Gasteiger partial charge in [-0.05, 0) is 24.6 Å². The predicted octanol–water partition coefficient (Wildman–Crippen LogP) is 1.34. The first-order valence-corrected chi connectivity index (χ1v) is 5.28. The second kappa shape index (κ2) is 6.08. The van der Waals surface area contributed by atoms with Crippen molar-refractivity contribution in [1.82, 2.24) is 5.32 Å². The van der Waals surface area contributed by atoms with Crippen LogP contribution in [0.5, 0.6) is 0 Å². The van der Waals surface area contributed by atoms with E-state index in [0.717, 1.165) is 5.56 Å². The molecule has 15 heavy (non-hydrogen) atoms. The molecule has 1 aromatic carbocycles. The first-order chi connectivity index (χ1) is 7.17. The Morgan fingerprint density at radius 3 is 2.53 bits per heavy atom. The van der Waals surface area contributed by atoms with E-state index in [9.17, 15) is 0 Å². The first kappa shape index (κ1) is 12.5. The maximum Gasteiger partial charge on any atom is 0.0607 e. The van der Waals surface area contributed by atoms with E-state index in [1.807, 2.05) is 31.2 Å². The van der Waals surface area contributed by atoms with Crippen molar-refractivity contribution < 1.29 is 10.2 Å². The Morgan fingerprint density at radius 1 is 1.33 bits per heavy atom. The average Bonchev–Trinajstić information content (AvgIpc) is 2.25. The van der Waals surface area contributed by atoms with Crippen LogP contribution in [0, 0.1) is 0 Å². The van der Waals surface area contributed by atoms with Crippen LogP contribution in [-0.4, -0.2) is 29.5 Å². The van der Waals surface area contributed by atoms with Crippen LogP contribution in [0.25, 0.3) is 0 Å². The summed E-state index contributed by atoms with van der Waals surface area (Å²) in [5.41, 5.74) is 1.04. The topological polar surface area (TPSA) is 52.5 Å². The highest BCUT2D eigenvalue weighted by atomic mass is 35.5. The minimum atomic E-state index is -0.293. The number of nitrogens with one attached hydrogen (secondary N) is 1. The van der Waals surface area contributed by atoms with Crippen molar-refractivity contribution in [1.29, 1.82) is 0 Å². The van der Waals surface area contributed by atoms with E-state index in [4.69, 9.17) is 21.8 Å². The lowest BCUT2D eigenvalue weighted by Gasteiger charge is -2.20. The van der Waals surface area contributed by atoms with Gasteiger partial charge in [0.1, 0.15) is 0 Å². The second-order valence-corrected chi connectivity index (χ2v) is 3.94. The van der Waals surface area contributed by atoms with Crippen LogP contribution in [0.4, 0.5) is 0 Å². The highest BCUT2D eigenvalue weighted by Crippen LogP contribution is 2.17. The van der Waals surface area contributed by atoms with E-state index >= 15 is 0 Å². The molecule has 0 radical (unpaired) electrons. The maximum atomic E-state index is 8.93. The third-order valence-electron chi connectivity index (χ3n) is 2.28. The predicted molar refractivity (Wildman–Crippen MR) is 61.0 cm³/mol. The van der Waals surface area contributed by atoms with Gasteiger partial charge in [-0.1, -0.05) is 23.7 Å². The molecule has 3 nitrogen and oxygen atoms in total. The fraction of sp³-hybridized carbons (Fsp3) is 0.455. The van der Waals surface area contributed by atoms with Crippen molar-refractivity contribution in [3.63, 3.8) is 0 Å². The lowest BCUT2D eigenvalue weighted by atomic mass is 10.1. The summed E-state index contributed by atoms with van der Waals surface area (Å²) in [6, 6.07) is 7.27. The summed E-state index contributed by atoms with van der Waals surface area (Å²) in [6.45, 7) is 1.80. The minimum absolute atomic E-state index is 0.0491. The van der Waals surface area contributed by atoms with E-state index < -0.39 is 0 Å². The normalized spacial score (nSPS) is 13.1. The Hall–Kier alpha value is -0.610. The molecule has 84 valence electrons. The summed E-state index contributed by atoms with van der Waals surface area (Å²) in [6.07, 6.45) is 0. The van der Waals surface area contributed by atoms with Gasteiger partial charge in [0.2, 0.25) is 0 Å². The smallest absolute Gasteiger partial charge is 0.0607 e. The molecule has 0 aliphatic heterocycles. The zero-order chi connectivity index (χ0) is 11.3. The molecule has 1 rings (SSSR count). The molecule has 0 bridgehead atoms. The Labute approximate surface area is 94.7 Å². The number of hydrogen-bond donors (Lipinski definition) is 3. The van der Waals surface area contributed by atoms with E-state index in [1.165, 1.54) is 0 Å². The number of halogens is 1. The van der Waals surface area contributed by atoms with Gasteiger partial charge in [0.05, 0.1) is 19.3 Å². The summed E-state index contributed by atoms with van der Waals surface area (Å²) in [5.74, 6) is 0. The number of aliphatic hydroxyl groups is 2. The van der Waals surface area contributed by atoms with Gasteiger partial charge in [0, 0.05) is 11.1 Å². The zero-order valence-electron chi connectivity index (χ0n) is 8.65. The van der Waals surface area contributed by atoms with Crippen LogP contribution in [0.3, 0.4) is 0 Å². The molecule has 0 aromatic heterocycles. The molecule has 0 aliphatic carbocycles. The summed E-state index contributed by atoms with van der Waals surface area (Å²) in [7, 11) is 0. The molecule has 0 amide bonds. The van der Waals surface area contributed by atoms with Gasteiger partial charge >= 0.3 is 0 Å². The Kier molecular flexibility index (Phi) is 5.05. The van der Waals surface area contributed by atoms with Crippen molar-refractivity contribution in [2.75, 3.05) is 13.2 Å². The fourth-order valence-electron chi connectivity index (χ4n) is 1.39. The summed E-state index contributed by atoms with van der Waals surface area (Å²) in [5, 5.41) is 21.6. The van der Waals surface area contributed by atoms with Crippen molar-refractivity contribution in [3.8, 4) is 0 Å². The minimum Gasteiger partial charge on any atom is -0.395 e. The van der Waals surface area contributed by atoms with Crippen LogP contribution >= 0.6 is 11.6 Å². The molecule has 0 heterocycles. The van der Waals surface area contributed by atoms with Crippen molar-refractivity contribution >= 4 is 11.6 Å². The lowest BCUT2D eigenvalue weighted by molar-refractivity contribution is 0.163. The van der Waals surface area contributed by atoms with Crippen LogP contribution in [0.15, 0.2) is 24.3 Å². The van der Waals surface area contributed by atoms with Crippen LogP contribution in [-0.2, 0) is 0 Å². The third-order valence-corrected chi connectivity index (χ3v) is 2.51. The Morgan fingerprint density at radius 2 is 2.00 bits per heavy atom. The molecular weight excluding hydrogens is 214 g/mol. The largest absolute Gasteiger partial charge is 0.395 e. The third kappa shape index (κ3) is 3.80. The molecule has 0 saturated carbocycles. The van der Waals surface area contributed by atoms with Crippen molar-refractivity contribution in [2.24, 2.45) is 0 Å². The molecular formula is C11H16ClNO2. The molecule has 0 aliphatic rings. The Bertz CT molecular complexity index is 302. The fourth-order valence-corrected chi connectivity index (χ4v) is 1.59. The molecule has 0 spiro atoms. The highest BCUT2D eigenvalue weighted by molar-refractivity contribution is 6.30. The van der Waals surface area contributed by atoms with Crippen LogP contribution in [0.2, 0.25) is 5.02 Å². The van der Waals surface area contributed by atoms with Gasteiger partial charge < -0.3 is 15.5 Å². The molecule has 3 N–H and O–H groups in total. The number of aliphatic hydroxyl groups excluding tert-OH is 2. The summed E-state index contributed by atoms with van der Waals surface area (Å²) in [4.78, 5) is 0. The van der Waals surface area contributed by atoms with Gasteiger partial charge in [0.25, 0.3) is 0 Å². The summed E-state index contributed by atoms with van der Waals surface area (Å²) >= 11 is 5.87. The first-order valence-electron chi connectivity index (χ1n) is 4.90. The molecule has 1 aromatic rings. The maximum absolute atomic E-state index is 8.93. The van der Waals surface area contributed by atoms with Crippen LogP contribution in [0.1, 0.15) is 18.5 Å². The van der Waals surface area contributed by atoms with Crippen molar-refractivity contribution in [3.05, 3.63) is 34.9 Å². The Balaban J connectivity index is 2.64.